The number of ether oxygens (including phenoxy) is 1. The van der Waals surface area contributed by atoms with Gasteiger partial charge in [0.15, 0.2) is 0 Å². The first-order chi connectivity index (χ1) is 27.6. The van der Waals surface area contributed by atoms with Gasteiger partial charge < -0.3 is 20.5 Å². The molecule has 2 fully saturated rings. The molecule has 2 atom stereocenters. The first-order valence-corrected chi connectivity index (χ1v) is 19.8. The molecule has 0 saturated carbocycles. The molecule has 2 aromatic heterocycles. The van der Waals surface area contributed by atoms with E-state index in [1.165, 1.54) is 4.40 Å². The Morgan fingerprint density at radius 2 is 1.77 bits per heavy atom. The van der Waals surface area contributed by atoms with Gasteiger partial charge in [0, 0.05) is 83.9 Å². The number of carboxylic acid groups (broad SMARTS) is 1. The number of likely N-dealkylation sites (tertiary alicyclic amines) is 1. The first kappa shape index (κ1) is 40.0. The van der Waals surface area contributed by atoms with E-state index in [1.54, 1.807) is 12.4 Å². The van der Waals surface area contributed by atoms with Gasteiger partial charge in [0.05, 0.1) is 28.5 Å². The number of hydrogen-bond acceptors (Lipinski definition) is 8. The minimum absolute atomic E-state index is 0.0506. The second-order valence-electron chi connectivity index (χ2n) is 14.2. The van der Waals surface area contributed by atoms with E-state index in [0.717, 1.165) is 39.8 Å². The van der Waals surface area contributed by atoms with Crippen LogP contribution in [0.3, 0.4) is 0 Å². The van der Waals surface area contributed by atoms with Crippen molar-refractivity contribution in [1.29, 1.82) is 5.26 Å². The lowest BCUT2D eigenvalue weighted by Gasteiger charge is -2.19. The molecule has 11 nitrogen and oxygen atoms in total. The van der Waals surface area contributed by atoms with Crippen LogP contribution in [-0.4, -0.2) is 63.6 Å². The van der Waals surface area contributed by atoms with E-state index in [0.29, 0.717) is 83.2 Å². The minimum Gasteiger partial charge on any atom is -0.492 e. The maximum absolute atomic E-state index is 13.3. The van der Waals surface area contributed by atoms with Gasteiger partial charge in [-0.2, -0.15) is 5.26 Å². The largest absolute Gasteiger partial charge is 0.492 e. The molecule has 0 unspecified atom stereocenters. The van der Waals surface area contributed by atoms with E-state index in [1.807, 2.05) is 72.8 Å². The number of nitrogens with zero attached hydrogens (tertiary/aromatic N) is 4. The lowest BCUT2D eigenvalue weighted by Crippen LogP contribution is -2.36. The molecule has 3 N–H and O–H groups in total. The lowest BCUT2D eigenvalue weighted by molar-refractivity contribution is -0.141. The van der Waals surface area contributed by atoms with Crippen LogP contribution < -0.4 is 20.9 Å². The number of rotatable bonds is 14. The number of aromatic nitrogens is 2. The summed E-state index contributed by atoms with van der Waals surface area (Å²) in [4.78, 5) is 42.9. The van der Waals surface area contributed by atoms with Crippen molar-refractivity contribution in [2.75, 3.05) is 26.2 Å². The summed E-state index contributed by atoms with van der Waals surface area (Å²) in [6.45, 7) is 2.69. The highest BCUT2D eigenvalue weighted by atomic mass is 35.5. The SMILES string of the molecule is N#CCCOc1cc(/C=C/c2cccc(-c3cccc(-c4ccn5c(=O)c(CNC[C@H]6CCC(=O)N6)cnc5c4)c3Cl)c2Cl)c(Cl)cc1CN1CC[C@H](C(=O)O)C1. The summed E-state index contributed by atoms with van der Waals surface area (Å²) < 4.78 is 7.51. The molecule has 5 aromatic rings. The fourth-order valence-corrected chi connectivity index (χ4v) is 8.14. The van der Waals surface area contributed by atoms with Crippen molar-refractivity contribution in [2.45, 2.75) is 44.8 Å². The van der Waals surface area contributed by atoms with Gasteiger partial charge in [-0.05, 0) is 60.3 Å². The first-order valence-electron chi connectivity index (χ1n) is 18.6. The molecule has 14 heteroatoms. The molecule has 1 amide bonds. The number of benzene rings is 3. The summed E-state index contributed by atoms with van der Waals surface area (Å²) in [7, 11) is 0. The molecule has 7 rings (SSSR count). The molecule has 2 aliphatic heterocycles. The van der Waals surface area contributed by atoms with E-state index < -0.39 is 11.9 Å². The van der Waals surface area contributed by atoms with Gasteiger partial charge in [-0.1, -0.05) is 83.4 Å². The summed E-state index contributed by atoms with van der Waals surface area (Å²) in [5.41, 5.74) is 6.02. The van der Waals surface area contributed by atoms with Gasteiger partial charge in [0.25, 0.3) is 5.56 Å². The Kier molecular flexibility index (Phi) is 12.6. The normalized spacial score (nSPS) is 17.0. The van der Waals surface area contributed by atoms with Crippen molar-refractivity contribution in [3.05, 3.63) is 121 Å². The summed E-state index contributed by atoms with van der Waals surface area (Å²) >= 11 is 21.0. The topological polar surface area (TPSA) is 149 Å². The maximum atomic E-state index is 13.3. The third-order valence-corrected chi connectivity index (χ3v) is 11.5. The number of carbonyl (C=O) groups is 2. The molecule has 3 aromatic carbocycles. The molecule has 57 heavy (non-hydrogen) atoms. The highest BCUT2D eigenvalue weighted by molar-refractivity contribution is 6.39. The van der Waals surface area contributed by atoms with Crippen LogP contribution in [0.4, 0.5) is 0 Å². The number of amides is 1. The van der Waals surface area contributed by atoms with E-state index in [2.05, 4.69) is 26.6 Å². The number of pyridine rings is 1. The third-order valence-electron chi connectivity index (χ3n) is 10.3. The molecule has 4 heterocycles. The van der Waals surface area contributed by atoms with Gasteiger partial charge in [-0.25, -0.2) is 4.98 Å². The predicted octanol–water partition coefficient (Wildman–Crippen LogP) is 7.73. The fourth-order valence-electron chi connectivity index (χ4n) is 7.26. The van der Waals surface area contributed by atoms with Crippen molar-refractivity contribution in [3.8, 4) is 34.1 Å². The van der Waals surface area contributed by atoms with Crippen LogP contribution in [0.2, 0.25) is 15.1 Å². The zero-order chi connectivity index (χ0) is 40.1. The van der Waals surface area contributed by atoms with Crippen LogP contribution in [0.5, 0.6) is 5.75 Å². The number of halogens is 3. The molecule has 0 bridgehead atoms. The number of nitrogens with one attached hydrogen (secondary N) is 2. The van der Waals surface area contributed by atoms with Gasteiger partial charge in [-0.3, -0.25) is 23.7 Å². The number of aliphatic carboxylic acids is 1. The Hall–Kier alpha value is -5.22. The van der Waals surface area contributed by atoms with Gasteiger partial charge in [0.2, 0.25) is 5.91 Å². The zero-order valence-electron chi connectivity index (χ0n) is 30.8. The van der Waals surface area contributed by atoms with E-state index in [4.69, 9.17) is 44.8 Å². The second kappa shape index (κ2) is 17.9. The molecule has 0 aliphatic carbocycles. The average molecular weight is 826 g/mol. The van der Waals surface area contributed by atoms with Crippen LogP contribution >= 0.6 is 34.8 Å². The fraction of sp³-hybridized carbons (Fsp3) is 0.279. The standard InChI is InChI=1S/C43H39Cl3N6O5/c44-36-18-30(25-51-15-12-29(24-51)43(55)56)37(57-17-3-14-47)19-28(36)9-8-26-4-1-6-34(40(26)45)35-7-2-5-33(41(35)46)27-13-16-52-38(20-27)49-22-31(42(52)54)21-48-23-32-10-11-39(53)50-32/h1-2,4-9,13,16,18-20,22,29,32,48H,3,10-12,15,17,21,23-25H2,(H,50,53)(H,55,56)/b9-8+/t29-,32+/m0/s1. The smallest absolute Gasteiger partial charge is 0.307 e. The van der Waals surface area contributed by atoms with Crippen molar-refractivity contribution >= 4 is 64.5 Å². The van der Waals surface area contributed by atoms with Crippen molar-refractivity contribution in [3.63, 3.8) is 0 Å². The number of fused-ring (bicyclic) bond motifs is 1. The Balaban J connectivity index is 1.11. The van der Waals surface area contributed by atoms with Crippen LogP contribution in [0.1, 0.15) is 47.9 Å². The van der Waals surface area contributed by atoms with Crippen LogP contribution in [-0.2, 0) is 22.7 Å². The summed E-state index contributed by atoms with van der Waals surface area (Å²) in [6, 6.07) is 20.9. The van der Waals surface area contributed by atoms with E-state index in [-0.39, 0.29) is 30.5 Å². The van der Waals surface area contributed by atoms with Gasteiger partial charge in [-0.15, -0.1) is 0 Å². The molecule has 2 aliphatic rings. The number of carboxylic acids is 1. The second-order valence-corrected chi connectivity index (χ2v) is 15.3. The minimum atomic E-state index is -0.797. The highest BCUT2D eigenvalue weighted by Crippen LogP contribution is 2.41. The number of carbonyl (C=O) groups excluding carboxylic acids is 1. The molecule has 2 saturated heterocycles. The van der Waals surface area contributed by atoms with Gasteiger partial charge in [0.1, 0.15) is 18.0 Å². The zero-order valence-corrected chi connectivity index (χ0v) is 33.1. The summed E-state index contributed by atoms with van der Waals surface area (Å²) in [5.74, 6) is -0.576. The summed E-state index contributed by atoms with van der Waals surface area (Å²) in [6.07, 6.45) is 9.08. The Bertz CT molecular complexity index is 2480. The van der Waals surface area contributed by atoms with Crippen LogP contribution in [0, 0.1) is 17.2 Å². The maximum Gasteiger partial charge on any atom is 0.307 e. The Labute approximate surface area is 344 Å². The average Bonchev–Trinajstić information content (AvgIpc) is 3.85. The van der Waals surface area contributed by atoms with Crippen LogP contribution in [0.25, 0.3) is 40.1 Å². The van der Waals surface area contributed by atoms with Crippen molar-refractivity contribution in [1.82, 2.24) is 24.9 Å². The summed E-state index contributed by atoms with van der Waals surface area (Å²) in [5, 5.41) is 26.2. The third kappa shape index (κ3) is 9.17. The Morgan fingerprint density at radius 3 is 2.53 bits per heavy atom. The molecular weight excluding hydrogens is 787 g/mol. The van der Waals surface area contributed by atoms with E-state index in [9.17, 15) is 19.5 Å². The van der Waals surface area contributed by atoms with E-state index >= 15 is 0 Å². The monoisotopic (exact) mass is 824 g/mol. The van der Waals surface area contributed by atoms with Crippen LogP contribution in [0.15, 0.2) is 77.9 Å². The predicted molar refractivity (Wildman–Crippen MR) is 222 cm³/mol. The number of nitriles is 1. The molecular formula is C43H39Cl3N6O5. The molecule has 292 valence electrons. The quantitative estimate of drug-likeness (QED) is 0.0756. The highest BCUT2D eigenvalue weighted by Gasteiger charge is 2.28. The lowest BCUT2D eigenvalue weighted by atomic mass is 9.97. The Morgan fingerprint density at radius 1 is 1.00 bits per heavy atom. The van der Waals surface area contributed by atoms with Crippen molar-refractivity contribution in [2.24, 2.45) is 5.92 Å². The number of hydrogen-bond donors (Lipinski definition) is 3. The molecule has 0 spiro atoms. The van der Waals surface area contributed by atoms with Gasteiger partial charge >= 0.3 is 5.97 Å². The molecule has 0 radical (unpaired) electrons. The van der Waals surface area contributed by atoms with Crippen molar-refractivity contribution < 1.29 is 19.4 Å².